The van der Waals surface area contributed by atoms with E-state index in [9.17, 15) is 45.3 Å². The molecule has 4 atom stereocenters. The molecule has 2 aliphatic rings. The second kappa shape index (κ2) is 13.8. The number of hydrogen-bond donors (Lipinski definition) is 7. The minimum absolute atomic E-state index is 0.0586. The van der Waals surface area contributed by atoms with E-state index in [1.165, 1.54) is 30.3 Å². The van der Waals surface area contributed by atoms with Crippen molar-refractivity contribution in [2.75, 3.05) is 0 Å². The Morgan fingerprint density at radius 3 is 2.14 bits per heavy atom. The number of rotatable bonds is 8. The van der Waals surface area contributed by atoms with E-state index in [1.807, 2.05) is 20.8 Å². The number of Topliss-reactive ketones (excluding diaryl/α,β-unsaturated/α-hetero) is 2. The summed E-state index contributed by atoms with van der Waals surface area (Å²) in [5.74, 6) is -6.56. The predicted octanol–water partition coefficient (Wildman–Crippen LogP) is 8.08. The third-order valence-electron chi connectivity index (χ3n) is 9.77. The lowest BCUT2D eigenvalue weighted by molar-refractivity contribution is 0.0841. The van der Waals surface area contributed by atoms with Crippen LogP contribution in [0.1, 0.15) is 100 Å². The zero-order valence-electron chi connectivity index (χ0n) is 28.4. The molecular formula is C41H40O10. The van der Waals surface area contributed by atoms with Gasteiger partial charge in [0.15, 0.2) is 11.6 Å². The molecule has 1 aliphatic carbocycles. The average molecular weight is 693 g/mol. The van der Waals surface area contributed by atoms with E-state index in [1.54, 1.807) is 24.3 Å². The summed E-state index contributed by atoms with van der Waals surface area (Å²) < 4.78 is 6.09. The maximum Gasteiger partial charge on any atom is 0.174 e. The normalized spacial score (nSPS) is 19.8. The topological polar surface area (TPSA) is 185 Å². The molecule has 0 fully saturated rings. The number of ether oxygens (including phenoxy) is 1. The third-order valence-corrected chi connectivity index (χ3v) is 9.77. The van der Waals surface area contributed by atoms with Gasteiger partial charge in [-0.05, 0) is 75.4 Å². The number of allylic oxidation sites excluding steroid dienone is 4. The first-order chi connectivity index (χ1) is 24.2. The Labute approximate surface area is 294 Å². The molecule has 7 N–H and O–H groups in total. The highest BCUT2D eigenvalue weighted by Gasteiger charge is 2.45. The maximum absolute atomic E-state index is 14.6. The van der Waals surface area contributed by atoms with Crippen LogP contribution in [0.25, 0.3) is 0 Å². The van der Waals surface area contributed by atoms with E-state index in [2.05, 4.69) is 6.08 Å². The summed E-state index contributed by atoms with van der Waals surface area (Å²) in [6, 6.07) is 13.8. The fourth-order valence-corrected chi connectivity index (χ4v) is 7.39. The summed E-state index contributed by atoms with van der Waals surface area (Å²) in [6.07, 6.45) is 4.20. The van der Waals surface area contributed by atoms with E-state index < -0.39 is 52.7 Å². The van der Waals surface area contributed by atoms with E-state index in [0.717, 1.165) is 28.8 Å². The van der Waals surface area contributed by atoms with Crippen LogP contribution in [0.2, 0.25) is 0 Å². The molecule has 10 heteroatoms. The molecule has 0 bridgehead atoms. The number of ketones is 2. The number of fused-ring (bicyclic) bond motifs is 1. The van der Waals surface area contributed by atoms with E-state index in [4.69, 9.17) is 4.74 Å². The van der Waals surface area contributed by atoms with Gasteiger partial charge in [0, 0.05) is 47.1 Å². The lowest BCUT2D eigenvalue weighted by atomic mass is 9.64. The van der Waals surface area contributed by atoms with Gasteiger partial charge in [-0.15, -0.1) is 0 Å². The van der Waals surface area contributed by atoms with E-state index >= 15 is 0 Å². The van der Waals surface area contributed by atoms with Crippen molar-refractivity contribution in [3.05, 3.63) is 117 Å². The summed E-state index contributed by atoms with van der Waals surface area (Å²) in [6.45, 7) is 5.76. The molecule has 0 radical (unpaired) electrons. The lowest BCUT2D eigenvalue weighted by Crippen LogP contribution is -2.32. The second-order valence-corrected chi connectivity index (χ2v) is 13.6. The molecule has 264 valence electrons. The van der Waals surface area contributed by atoms with Gasteiger partial charge >= 0.3 is 0 Å². The van der Waals surface area contributed by atoms with Crippen molar-refractivity contribution in [1.82, 2.24) is 0 Å². The smallest absolute Gasteiger partial charge is 0.174 e. The van der Waals surface area contributed by atoms with Gasteiger partial charge in [-0.2, -0.15) is 0 Å². The zero-order chi connectivity index (χ0) is 36.7. The first kappa shape index (κ1) is 34.9. The molecule has 1 aliphatic heterocycles. The fraction of sp³-hybridized carbons (Fsp3) is 0.268. The number of aryl methyl sites for hydroxylation is 1. The molecule has 0 amide bonds. The van der Waals surface area contributed by atoms with Crippen molar-refractivity contribution in [3.8, 4) is 46.0 Å². The van der Waals surface area contributed by atoms with Crippen LogP contribution >= 0.6 is 0 Å². The molecule has 51 heavy (non-hydrogen) atoms. The summed E-state index contributed by atoms with van der Waals surface area (Å²) in [7, 11) is 0. The SMILES string of the molecule is CC(C)=CCCC1=CC(c2c(O)cc3c(c2O)C(=O)CC(c2ccc(C)cc2O)O3)C(C(=O)c2ccc(O)cc2O)C(c2ccc(O)cc2O)C1. The number of phenolic OH excluding ortho intramolecular Hbond substituents is 7. The fourth-order valence-electron chi connectivity index (χ4n) is 7.39. The summed E-state index contributed by atoms with van der Waals surface area (Å²) >= 11 is 0. The zero-order valence-corrected chi connectivity index (χ0v) is 28.4. The number of hydrogen-bond acceptors (Lipinski definition) is 10. The van der Waals surface area contributed by atoms with Gasteiger partial charge in [-0.1, -0.05) is 41.5 Å². The summed E-state index contributed by atoms with van der Waals surface area (Å²) in [5, 5.41) is 76.1. The quantitative estimate of drug-likeness (QED) is 0.0703. The van der Waals surface area contributed by atoms with Crippen molar-refractivity contribution in [2.45, 2.75) is 64.4 Å². The molecule has 0 saturated carbocycles. The molecular weight excluding hydrogens is 652 g/mol. The minimum atomic E-state index is -1.17. The van der Waals surface area contributed by atoms with Crippen LogP contribution in [-0.2, 0) is 0 Å². The maximum atomic E-state index is 14.6. The Balaban J connectivity index is 1.54. The molecule has 0 saturated heterocycles. The van der Waals surface area contributed by atoms with Crippen LogP contribution in [0.3, 0.4) is 0 Å². The largest absolute Gasteiger partial charge is 0.508 e. The van der Waals surface area contributed by atoms with Crippen molar-refractivity contribution >= 4 is 11.6 Å². The molecule has 1 heterocycles. The Morgan fingerprint density at radius 1 is 0.804 bits per heavy atom. The molecule has 4 aromatic rings. The Hall–Kier alpha value is -5.90. The Bertz CT molecular complexity index is 2110. The molecule has 0 spiro atoms. The Kier molecular flexibility index (Phi) is 9.44. The van der Waals surface area contributed by atoms with Crippen molar-refractivity contribution in [2.24, 2.45) is 5.92 Å². The summed E-state index contributed by atoms with van der Waals surface area (Å²) in [4.78, 5) is 28.4. The van der Waals surface area contributed by atoms with Gasteiger partial charge in [0.05, 0.1) is 12.0 Å². The minimum Gasteiger partial charge on any atom is -0.508 e. The predicted molar refractivity (Wildman–Crippen MR) is 189 cm³/mol. The number of phenols is 7. The molecule has 4 unspecified atom stereocenters. The summed E-state index contributed by atoms with van der Waals surface area (Å²) in [5.41, 5.74) is 3.03. The standard InChI is InChI=1S/C41H40O10/c1-20(2)5-4-6-22-14-28(25-11-8-23(42)16-31(25)45)37(40(49)27-12-9-24(43)17-32(27)46)29(15-22)38-33(47)19-36-39(41(38)50)34(48)18-35(51-36)26-10-7-21(3)13-30(26)44/h5,7-13,15-17,19,28-29,35,37,42-47,50H,4,6,14,18H2,1-3H3. The van der Waals surface area contributed by atoms with Gasteiger partial charge in [-0.25, -0.2) is 0 Å². The van der Waals surface area contributed by atoms with E-state index in [-0.39, 0.29) is 58.3 Å². The Morgan fingerprint density at radius 2 is 1.47 bits per heavy atom. The van der Waals surface area contributed by atoms with Crippen molar-refractivity contribution in [3.63, 3.8) is 0 Å². The van der Waals surface area contributed by atoms with Gasteiger partial charge in [0.2, 0.25) is 0 Å². The number of carbonyl (C=O) groups excluding carboxylic acids is 2. The van der Waals surface area contributed by atoms with Crippen LogP contribution in [0.5, 0.6) is 46.0 Å². The first-order valence-electron chi connectivity index (χ1n) is 16.7. The average Bonchev–Trinajstić information content (AvgIpc) is 3.04. The van der Waals surface area contributed by atoms with Gasteiger partial charge in [-0.3, -0.25) is 9.59 Å². The van der Waals surface area contributed by atoms with Crippen LogP contribution in [0.4, 0.5) is 0 Å². The molecule has 4 aromatic carbocycles. The van der Waals surface area contributed by atoms with Crippen LogP contribution in [-0.4, -0.2) is 47.3 Å². The van der Waals surface area contributed by atoms with E-state index in [0.29, 0.717) is 24.0 Å². The van der Waals surface area contributed by atoms with Crippen molar-refractivity contribution in [1.29, 1.82) is 0 Å². The van der Waals surface area contributed by atoms with Crippen molar-refractivity contribution < 1.29 is 50.1 Å². The van der Waals surface area contributed by atoms with Gasteiger partial charge in [0.1, 0.15) is 57.7 Å². The second-order valence-electron chi connectivity index (χ2n) is 13.6. The number of carbonyl (C=O) groups is 2. The molecule has 10 nitrogen and oxygen atoms in total. The van der Waals surface area contributed by atoms with Gasteiger partial charge in [0.25, 0.3) is 0 Å². The molecule has 6 rings (SSSR count). The highest BCUT2D eigenvalue weighted by molar-refractivity contribution is 6.04. The highest BCUT2D eigenvalue weighted by Crippen LogP contribution is 2.56. The van der Waals surface area contributed by atoms with Crippen LogP contribution in [0.15, 0.2) is 84.0 Å². The van der Waals surface area contributed by atoms with Crippen LogP contribution < -0.4 is 4.74 Å². The lowest BCUT2D eigenvalue weighted by Gasteiger charge is -2.38. The first-order valence-corrected chi connectivity index (χ1v) is 16.7. The highest BCUT2D eigenvalue weighted by atomic mass is 16.5. The van der Waals surface area contributed by atoms with Gasteiger partial charge < -0.3 is 40.5 Å². The van der Waals surface area contributed by atoms with Crippen LogP contribution in [0, 0.1) is 12.8 Å². The third kappa shape index (κ3) is 6.81. The monoisotopic (exact) mass is 692 g/mol. The number of benzene rings is 4. The molecule has 0 aromatic heterocycles. The number of aromatic hydroxyl groups is 7.